The van der Waals surface area contributed by atoms with Crippen LogP contribution in [0.1, 0.15) is 117 Å². The number of aryl methyl sites for hydroxylation is 1. The summed E-state index contributed by atoms with van der Waals surface area (Å²) in [5.74, 6) is -0.895. The Hall–Kier alpha value is -3.63. The van der Waals surface area contributed by atoms with Gasteiger partial charge in [-0.2, -0.15) is 11.8 Å². The highest BCUT2D eigenvalue weighted by Crippen LogP contribution is 2.52. The van der Waals surface area contributed by atoms with Crippen LogP contribution in [0.2, 0.25) is 0 Å². The van der Waals surface area contributed by atoms with Crippen molar-refractivity contribution in [2.75, 3.05) is 32.3 Å². The van der Waals surface area contributed by atoms with E-state index in [4.69, 9.17) is 25.1 Å². The van der Waals surface area contributed by atoms with Crippen molar-refractivity contribution in [3.05, 3.63) is 47.3 Å². The number of hydrogen-bond donors (Lipinski definition) is 7. The zero-order valence-corrected chi connectivity index (χ0v) is 38.3. The summed E-state index contributed by atoms with van der Waals surface area (Å²) in [5, 5.41) is 27.1. The fourth-order valence-corrected chi connectivity index (χ4v) is 7.57. The maximum absolute atomic E-state index is 12.4. The SMILES string of the molecule is C=Cc1c(C)c[nH]c1/C=C\C.CC[C@H](NC(=O)[C@@H](N)CCSC)C(=O)N[C@@H](C)C(=O)OCC(NC(=O)O)C(C)C.CO[C@@H]1CCC[C@]2(CO2)[C@H]1[C@@](C)(O)CCC=C(C)C. The Balaban J connectivity index is 0.000000490. The summed E-state index contributed by atoms with van der Waals surface area (Å²) < 4.78 is 16.5. The van der Waals surface area contributed by atoms with Crippen molar-refractivity contribution >= 4 is 47.8 Å². The quantitative estimate of drug-likeness (QED) is 0.0435. The number of ether oxygens (including phenoxy) is 3. The summed E-state index contributed by atoms with van der Waals surface area (Å²) in [4.78, 5) is 50.6. The van der Waals surface area contributed by atoms with Crippen LogP contribution < -0.4 is 21.7 Å². The molecule has 59 heavy (non-hydrogen) atoms. The monoisotopic (exact) mass is 850 g/mol. The lowest BCUT2D eigenvalue weighted by Crippen LogP contribution is -2.54. The van der Waals surface area contributed by atoms with Gasteiger partial charge in [-0.25, -0.2) is 9.59 Å². The average Bonchev–Trinajstić information content (AvgIpc) is 3.84. The zero-order valence-electron chi connectivity index (χ0n) is 37.4. The molecule has 1 aromatic heterocycles. The number of nitrogens with one attached hydrogen (secondary N) is 4. The number of epoxide rings is 1. The molecule has 1 saturated heterocycles. The Morgan fingerprint density at radius 2 is 1.85 bits per heavy atom. The van der Waals surface area contributed by atoms with Crippen LogP contribution in [0.15, 0.2) is 30.5 Å². The van der Waals surface area contributed by atoms with Crippen molar-refractivity contribution in [2.24, 2.45) is 17.6 Å². The molecule has 2 heterocycles. The minimum atomic E-state index is -1.21. The van der Waals surface area contributed by atoms with Gasteiger partial charge >= 0.3 is 12.1 Å². The Labute approximate surface area is 357 Å². The predicted molar refractivity (Wildman–Crippen MR) is 238 cm³/mol. The Morgan fingerprint density at radius 1 is 1.19 bits per heavy atom. The van der Waals surface area contributed by atoms with E-state index in [1.807, 2.05) is 44.5 Å². The molecule has 3 rings (SSSR count). The number of rotatable bonds is 20. The minimum Gasteiger partial charge on any atom is -0.465 e. The van der Waals surface area contributed by atoms with Crippen molar-refractivity contribution in [1.29, 1.82) is 0 Å². The van der Waals surface area contributed by atoms with Crippen molar-refractivity contribution < 1.29 is 43.6 Å². The van der Waals surface area contributed by atoms with Crippen LogP contribution >= 0.6 is 11.8 Å². The number of nitrogens with two attached hydrogens (primary N) is 1. The lowest BCUT2D eigenvalue weighted by atomic mass is 9.67. The van der Waals surface area contributed by atoms with Gasteiger partial charge in [0.2, 0.25) is 11.8 Å². The molecule has 336 valence electrons. The number of carbonyl (C=O) groups excluding carboxylic acids is 3. The fraction of sp³-hybridized carbons (Fsp3) is 0.682. The van der Waals surface area contributed by atoms with E-state index in [0.717, 1.165) is 50.2 Å². The molecular weight excluding hydrogens is 775 g/mol. The molecule has 8 atom stereocenters. The van der Waals surface area contributed by atoms with Crippen molar-refractivity contribution in [3.8, 4) is 0 Å². The Bertz CT molecular complexity index is 1530. The fourth-order valence-electron chi connectivity index (χ4n) is 7.08. The number of hydrogen-bond acceptors (Lipinski definition) is 10. The van der Waals surface area contributed by atoms with E-state index in [9.17, 15) is 24.3 Å². The molecule has 0 radical (unpaired) electrons. The van der Waals surface area contributed by atoms with Gasteiger partial charge in [-0.3, -0.25) is 9.59 Å². The lowest BCUT2D eigenvalue weighted by molar-refractivity contribution is -0.148. The number of aromatic amines is 1. The van der Waals surface area contributed by atoms with Crippen LogP contribution in [0.4, 0.5) is 4.79 Å². The first-order chi connectivity index (χ1) is 27.7. The predicted octanol–water partition coefficient (Wildman–Crippen LogP) is 6.37. The molecule has 1 spiro atoms. The first-order valence-corrected chi connectivity index (χ1v) is 22.1. The number of amides is 3. The van der Waals surface area contributed by atoms with E-state index in [0.29, 0.717) is 12.8 Å². The third kappa shape index (κ3) is 18.3. The van der Waals surface area contributed by atoms with Gasteiger partial charge < -0.3 is 51.1 Å². The average molecular weight is 850 g/mol. The molecule has 14 nitrogen and oxygen atoms in total. The van der Waals surface area contributed by atoms with Crippen LogP contribution in [0.25, 0.3) is 12.2 Å². The van der Waals surface area contributed by atoms with Gasteiger partial charge in [-0.15, -0.1) is 0 Å². The van der Waals surface area contributed by atoms with Crippen LogP contribution in [-0.2, 0) is 28.6 Å². The van der Waals surface area contributed by atoms with E-state index >= 15 is 0 Å². The molecular formula is C44H75N5O9S. The van der Waals surface area contributed by atoms with E-state index in [-0.39, 0.29) is 30.1 Å². The number of thioether (sulfide) groups is 1. The van der Waals surface area contributed by atoms with Crippen LogP contribution in [0, 0.1) is 18.8 Å². The van der Waals surface area contributed by atoms with Gasteiger partial charge in [0.25, 0.3) is 0 Å². The second-order valence-corrected chi connectivity index (χ2v) is 17.2. The van der Waals surface area contributed by atoms with E-state index in [1.165, 1.54) is 23.6 Å². The maximum atomic E-state index is 12.4. The number of carboxylic acid groups (broad SMARTS) is 1. The van der Waals surface area contributed by atoms with Crippen LogP contribution in [-0.4, -0.2) is 113 Å². The largest absolute Gasteiger partial charge is 0.465 e. The second kappa shape index (κ2) is 26.6. The molecule has 1 aliphatic heterocycles. The number of allylic oxidation sites excluding steroid dienone is 3. The summed E-state index contributed by atoms with van der Waals surface area (Å²) >= 11 is 1.57. The third-order valence-corrected chi connectivity index (χ3v) is 11.3. The second-order valence-electron chi connectivity index (χ2n) is 16.2. The van der Waals surface area contributed by atoms with Gasteiger partial charge in [0, 0.05) is 30.5 Å². The molecule has 15 heteroatoms. The molecule has 0 aromatic carbocycles. The summed E-state index contributed by atoms with van der Waals surface area (Å²) in [7, 11) is 1.76. The summed E-state index contributed by atoms with van der Waals surface area (Å²) in [6.07, 6.45) is 16.7. The highest BCUT2D eigenvalue weighted by molar-refractivity contribution is 7.98. The van der Waals surface area contributed by atoms with Crippen molar-refractivity contribution in [3.63, 3.8) is 0 Å². The van der Waals surface area contributed by atoms with Gasteiger partial charge in [-0.05, 0) is 116 Å². The molecule has 1 aliphatic carbocycles. The van der Waals surface area contributed by atoms with Crippen molar-refractivity contribution in [2.45, 2.75) is 149 Å². The molecule has 1 unspecified atom stereocenters. The van der Waals surface area contributed by atoms with E-state index < -0.39 is 53.6 Å². The van der Waals surface area contributed by atoms with E-state index in [2.05, 4.69) is 54.4 Å². The Kier molecular flexibility index (Phi) is 24.0. The lowest BCUT2D eigenvalue weighted by Gasteiger charge is -2.44. The molecule has 2 aliphatic rings. The molecule has 1 aromatic rings. The number of esters is 1. The first-order valence-electron chi connectivity index (χ1n) is 20.7. The molecule has 8 N–H and O–H groups in total. The smallest absolute Gasteiger partial charge is 0.405 e. The highest BCUT2D eigenvalue weighted by Gasteiger charge is 2.61. The van der Waals surface area contributed by atoms with E-state index in [1.54, 1.807) is 39.6 Å². The van der Waals surface area contributed by atoms with Crippen LogP contribution in [0.3, 0.4) is 0 Å². The van der Waals surface area contributed by atoms with Gasteiger partial charge in [-0.1, -0.05) is 51.2 Å². The maximum Gasteiger partial charge on any atom is 0.405 e. The number of methoxy groups -OCH3 is 1. The normalized spacial score (nSPS) is 21.3. The number of carbonyl (C=O) groups is 4. The summed E-state index contributed by atoms with van der Waals surface area (Å²) in [5.41, 5.74) is 9.87. The van der Waals surface area contributed by atoms with Gasteiger partial charge in [0.05, 0.1) is 36.0 Å². The number of H-pyrrole nitrogens is 1. The molecule has 0 bridgehead atoms. The standard InChI is InChI=1S/C18H34N4O6S.C16H28O3.C10H13N/c1-6-13(21-15(23)12(19)7-8-29-5)16(24)20-11(4)17(25)28-9-14(10(2)3)22-18(26)27;1-12(2)7-5-9-15(3,17)14-13(18-4)8-6-10-16(14)11-19-16;1-4-6-10-9(5-2)8(3)7-11-10/h10-14,22H,6-9,19H2,1-5H3,(H,20,24)(H,21,23)(H,26,27);7,13-14,17H,5-6,8-11H2,1-4H3;4-7,11H,2H2,1,3H3/b;;6-4-/t11-,12-,13-,14?;13-,14-,15+,16+;/m01./s1. The topological polar surface area (TPSA) is 218 Å². The van der Waals surface area contributed by atoms with Crippen molar-refractivity contribution in [1.82, 2.24) is 20.9 Å². The summed E-state index contributed by atoms with van der Waals surface area (Å²) in [6.45, 7) is 21.4. The number of aromatic nitrogens is 1. The number of aliphatic hydroxyl groups is 1. The molecule has 1 saturated carbocycles. The molecule has 2 fully saturated rings. The highest BCUT2D eigenvalue weighted by atomic mass is 32.2. The third-order valence-electron chi connectivity index (χ3n) is 10.7. The first kappa shape index (κ1) is 53.4. The minimum absolute atomic E-state index is 0.0844. The summed E-state index contributed by atoms with van der Waals surface area (Å²) in [6, 6.07) is -3.06. The molecule has 3 amide bonds. The van der Waals surface area contributed by atoms with Crippen LogP contribution in [0.5, 0.6) is 0 Å². The van der Waals surface area contributed by atoms with Gasteiger partial charge in [0.1, 0.15) is 18.7 Å². The Morgan fingerprint density at radius 3 is 2.36 bits per heavy atom. The van der Waals surface area contributed by atoms with Gasteiger partial charge in [0.15, 0.2) is 0 Å². The zero-order chi connectivity index (χ0) is 44.9.